The van der Waals surface area contributed by atoms with Gasteiger partial charge in [-0.15, -0.1) is 0 Å². The standard InChI is InChI=1S/C22H32NO4P.C21H30NO4P/c1-16(20(24)26-15-21(2,3)4)23-28(25,22(5,6)7)27-19-14-10-12-17-11-8-9-13-18(17)19;1-15(2)27(24,22-16(3)20(23)25-14-21(4,5)6)26-19-13-9-11-17-10-7-8-12-18(17)19/h8-14,16H,15H2,1-7H3,(H,23,25);7-13,15-16H,14H2,1-6H3,(H,22,24)/t16-,28?;16-,27?/m01/s1. The zero-order valence-electron chi connectivity index (χ0n) is 34.9. The van der Waals surface area contributed by atoms with Gasteiger partial charge in [0.1, 0.15) is 23.6 Å². The molecule has 0 aromatic heterocycles. The Kier molecular flexibility index (Phi) is 15.4. The zero-order chi connectivity index (χ0) is 41.4. The minimum Gasteiger partial charge on any atom is -0.464 e. The second kappa shape index (κ2) is 18.5. The van der Waals surface area contributed by atoms with E-state index in [1.165, 1.54) is 0 Å². The summed E-state index contributed by atoms with van der Waals surface area (Å²) < 4.78 is 50.1. The number of esters is 2. The summed E-state index contributed by atoms with van der Waals surface area (Å²) in [6.45, 7) is 24.9. The molecular formula is C43H62N2O8P2. The molecule has 0 saturated carbocycles. The van der Waals surface area contributed by atoms with Gasteiger partial charge >= 0.3 is 27.0 Å². The highest BCUT2D eigenvalue weighted by atomic mass is 31.2. The molecule has 0 fully saturated rings. The first-order chi connectivity index (χ1) is 25.3. The second-order valence-electron chi connectivity index (χ2n) is 17.6. The molecule has 0 aliphatic carbocycles. The lowest BCUT2D eigenvalue weighted by molar-refractivity contribution is -0.148. The third kappa shape index (κ3) is 13.5. The van der Waals surface area contributed by atoms with Gasteiger partial charge in [0, 0.05) is 10.8 Å². The third-order valence-electron chi connectivity index (χ3n) is 8.26. The average Bonchev–Trinajstić information content (AvgIpc) is 3.09. The van der Waals surface area contributed by atoms with E-state index in [9.17, 15) is 18.7 Å². The maximum atomic E-state index is 13.8. The minimum atomic E-state index is -3.45. The van der Waals surface area contributed by atoms with Crippen LogP contribution in [0, 0.1) is 10.8 Å². The van der Waals surface area contributed by atoms with Crippen molar-refractivity contribution in [2.75, 3.05) is 13.2 Å². The van der Waals surface area contributed by atoms with Crippen molar-refractivity contribution in [1.29, 1.82) is 0 Å². The number of carbonyl (C=O) groups is 2. The summed E-state index contributed by atoms with van der Waals surface area (Å²) in [7, 11) is -6.80. The zero-order valence-corrected chi connectivity index (χ0v) is 36.7. The van der Waals surface area contributed by atoms with Crippen LogP contribution in [0.5, 0.6) is 11.5 Å². The summed E-state index contributed by atoms with van der Waals surface area (Å²) in [5.74, 6) is 0.181. The molecule has 2 N–H and O–H groups in total. The molecule has 10 nitrogen and oxygen atoms in total. The number of hydrogen-bond donors (Lipinski definition) is 2. The molecule has 4 atom stereocenters. The van der Waals surface area contributed by atoms with E-state index >= 15 is 0 Å². The summed E-state index contributed by atoms with van der Waals surface area (Å²) in [6, 6.07) is 25.3. The maximum absolute atomic E-state index is 13.8. The molecule has 302 valence electrons. The van der Waals surface area contributed by atoms with E-state index in [0.29, 0.717) is 24.7 Å². The lowest BCUT2D eigenvalue weighted by atomic mass is 9.99. The van der Waals surface area contributed by atoms with Gasteiger partial charge in [0.2, 0.25) is 0 Å². The van der Waals surface area contributed by atoms with Gasteiger partial charge in [0.05, 0.1) is 24.0 Å². The Bertz CT molecular complexity index is 2000. The van der Waals surface area contributed by atoms with Crippen LogP contribution in [0.2, 0.25) is 0 Å². The van der Waals surface area contributed by atoms with Crippen molar-refractivity contribution in [3.63, 3.8) is 0 Å². The van der Waals surface area contributed by atoms with E-state index in [0.717, 1.165) is 21.5 Å². The fourth-order valence-electron chi connectivity index (χ4n) is 4.93. The predicted molar refractivity (Wildman–Crippen MR) is 225 cm³/mol. The van der Waals surface area contributed by atoms with Crippen molar-refractivity contribution in [2.45, 2.75) is 113 Å². The van der Waals surface area contributed by atoms with Crippen molar-refractivity contribution < 1.29 is 37.2 Å². The monoisotopic (exact) mass is 796 g/mol. The molecule has 12 heteroatoms. The summed E-state index contributed by atoms with van der Waals surface area (Å²) in [6.07, 6.45) is 0. The Balaban J connectivity index is 0.000000296. The molecule has 0 aliphatic heterocycles. The van der Waals surface area contributed by atoms with Crippen LogP contribution in [0.4, 0.5) is 0 Å². The number of carbonyl (C=O) groups excluding carboxylic acids is 2. The maximum Gasteiger partial charge on any atom is 0.323 e. The summed E-state index contributed by atoms with van der Waals surface area (Å²) >= 11 is 0. The van der Waals surface area contributed by atoms with Crippen LogP contribution in [0.25, 0.3) is 21.5 Å². The van der Waals surface area contributed by atoms with Gasteiger partial charge < -0.3 is 18.5 Å². The van der Waals surface area contributed by atoms with Gasteiger partial charge in [-0.3, -0.25) is 18.7 Å². The van der Waals surface area contributed by atoms with Crippen molar-refractivity contribution in [3.8, 4) is 11.5 Å². The van der Waals surface area contributed by atoms with Crippen molar-refractivity contribution in [1.82, 2.24) is 10.2 Å². The molecule has 0 aliphatic rings. The first-order valence-electron chi connectivity index (χ1n) is 18.8. The van der Waals surface area contributed by atoms with E-state index in [2.05, 4.69) is 10.2 Å². The van der Waals surface area contributed by atoms with Crippen molar-refractivity contribution in [2.24, 2.45) is 10.8 Å². The minimum absolute atomic E-state index is 0.128. The number of hydrogen-bond acceptors (Lipinski definition) is 8. The highest BCUT2D eigenvalue weighted by Gasteiger charge is 2.42. The van der Waals surface area contributed by atoms with Gasteiger partial charge in [-0.1, -0.05) is 128 Å². The number of nitrogens with one attached hydrogen (secondary N) is 2. The molecular weight excluding hydrogens is 734 g/mol. The molecule has 0 radical (unpaired) electrons. The van der Waals surface area contributed by atoms with Crippen LogP contribution >= 0.6 is 15.0 Å². The highest BCUT2D eigenvalue weighted by molar-refractivity contribution is 7.59. The Hall–Kier alpha value is -3.68. The molecule has 0 heterocycles. The Morgan fingerprint density at radius 1 is 0.564 bits per heavy atom. The van der Waals surface area contributed by atoms with Gasteiger partial charge in [0.25, 0.3) is 0 Å². The van der Waals surface area contributed by atoms with Crippen LogP contribution in [-0.4, -0.2) is 48.1 Å². The second-order valence-corrected chi connectivity index (χ2v) is 23.1. The molecule has 4 rings (SSSR count). The topological polar surface area (TPSA) is 129 Å². The van der Waals surface area contributed by atoms with E-state index in [1.54, 1.807) is 26.0 Å². The first kappa shape index (κ1) is 45.7. The smallest absolute Gasteiger partial charge is 0.323 e. The normalized spacial score (nSPS) is 15.5. The van der Waals surface area contributed by atoms with E-state index in [-0.39, 0.29) is 16.5 Å². The molecule has 0 bridgehead atoms. The van der Waals surface area contributed by atoms with E-state index in [4.69, 9.17) is 18.5 Å². The molecule has 0 saturated heterocycles. The number of benzene rings is 4. The largest absolute Gasteiger partial charge is 0.464 e. The molecule has 2 unspecified atom stereocenters. The van der Waals surface area contributed by atoms with Crippen LogP contribution in [0.15, 0.2) is 84.9 Å². The van der Waals surface area contributed by atoms with E-state index < -0.39 is 44.2 Å². The molecule has 4 aromatic rings. The lowest BCUT2D eigenvalue weighted by Crippen LogP contribution is -2.40. The van der Waals surface area contributed by atoms with Gasteiger partial charge in [-0.25, -0.2) is 10.2 Å². The molecule has 55 heavy (non-hydrogen) atoms. The van der Waals surface area contributed by atoms with Crippen LogP contribution < -0.4 is 19.2 Å². The van der Waals surface area contributed by atoms with Crippen LogP contribution in [0.1, 0.15) is 90.0 Å². The van der Waals surface area contributed by atoms with Crippen molar-refractivity contribution >= 4 is 48.5 Å². The third-order valence-corrected chi connectivity index (χ3v) is 13.8. The van der Waals surface area contributed by atoms with Gasteiger partial charge in [-0.2, -0.15) is 0 Å². The predicted octanol–water partition coefficient (Wildman–Crippen LogP) is 11.2. The Labute approximate surface area is 328 Å². The number of rotatable bonds is 13. The summed E-state index contributed by atoms with van der Waals surface area (Å²) in [5.41, 5.74) is -0.576. The molecule has 0 spiro atoms. The molecule has 0 amide bonds. The van der Waals surface area contributed by atoms with E-state index in [1.807, 2.05) is 149 Å². The van der Waals surface area contributed by atoms with Crippen LogP contribution in [-0.2, 0) is 28.2 Å². The number of ether oxygens (including phenoxy) is 2. The van der Waals surface area contributed by atoms with Crippen LogP contribution in [0.3, 0.4) is 0 Å². The summed E-state index contributed by atoms with van der Waals surface area (Å²) in [4.78, 5) is 24.7. The van der Waals surface area contributed by atoms with Gasteiger partial charge in [-0.05, 0) is 68.4 Å². The average molecular weight is 797 g/mol. The first-order valence-corrected chi connectivity index (χ1v) is 22.1. The number of fused-ring (bicyclic) bond motifs is 2. The quantitative estimate of drug-likeness (QED) is 0.0996. The fraction of sp³-hybridized carbons (Fsp3) is 0.488. The molecule has 4 aromatic carbocycles. The SMILES string of the molecule is CC(C)P(=O)(N[C@H](C)C(=O)OCC(C)(C)C)Oc1cccc2ccccc12.C[C@H](NP(=O)(Oc1cccc2ccccc12)C(C)(C)C)C(=O)OCC(C)(C)C. The Morgan fingerprint density at radius 3 is 1.35 bits per heavy atom. The highest BCUT2D eigenvalue weighted by Crippen LogP contribution is 2.56. The Morgan fingerprint density at radius 2 is 0.945 bits per heavy atom. The summed E-state index contributed by atoms with van der Waals surface area (Å²) in [5, 5.41) is 8.88. The van der Waals surface area contributed by atoms with Crippen molar-refractivity contribution in [3.05, 3.63) is 84.9 Å². The lowest BCUT2D eigenvalue weighted by Gasteiger charge is -2.33. The fourth-order valence-corrected chi connectivity index (χ4v) is 8.35. The van der Waals surface area contributed by atoms with Gasteiger partial charge in [0.15, 0.2) is 0 Å².